The molecule has 2 saturated heterocycles. The maximum atomic E-state index is 12.6. The Labute approximate surface area is 142 Å². The summed E-state index contributed by atoms with van der Waals surface area (Å²) >= 11 is 0. The molecule has 0 saturated carbocycles. The van der Waals surface area contributed by atoms with E-state index in [9.17, 15) is 14.7 Å². The molecule has 3 atom stereocenters. The summed E-state index contributed by atoms with van der Waals surface area (Å²) in [5.41, 5.74) is 4.19. The molecular weight excluding hydrogens is 313 g/mol. The van der Waals surface area contributed by atoms with Crippen molar-refractivity contribution in [3.05, 3.63) is 0 Å². The van der Waals surface area contributed by atoms with E-state index in [1.807, 2.05) is 13.8 Å². The van der Waals surface area contributed by atoms with Crippen molar-refractivity contribution in [2.24, 2.45) is 17.1 Å². The van der Waals surface area contributed by atoms with Gasteiger partial charge >= 0.3 is 13.1 Å². The number of nitrogens with two attached hydrogens (primary N) is 1. The number of carbonyl (C=O) groups is 2. The monoisotopic (exact) mass is 341 g/mol. The normalized spacial score (nSPS) is 30.5. The third kappa shape index (κ3) is 3.18. The molecule has 2 rings (SSSR count). The van der Waals surface area contributed by atoms with E-state index in [1.54, 1.807) is 4.90 Å². The molecule has 6 N–H and O–H groups in total. The summed E-state index contributed by atoms with van der Waals surface area (Å²) in [6.45, 7) is 4.74. The zero-order chi connectivity index (χ0) is 18.1. The molecule has 0 aromatic rings. The smallest absolute Gasteiger partial charge is 0.451 e. The number of fused-ring (bicyclic) bond motifs is 1. The molecule has 3 unspecified atom stereocenters. The lowest BCUT2D eigenvalue weighted by molar-refractivity contribution is -0.147. The first-order valence-corrected chi connectivity index (χ1v) is 8.54. The zero-order valence-electron chi connectivity index (χ0n) is 14.4. The lowest BCUT2D eigenvalue weighted by Crippen LogP contribution is -2.58. The fourth-order valence-electron chi connectivity index (χ4n) is 4.12. The Hall–Kier alpha value is -1.16. The van der Waals surface area contributed by atoms with Gasteiger partial charge < -0.3 is 25.8 Å². The van der Waals surface area contributed by atoms with Crippen molar-refractivity contribution in [3.63, 3.8) is 0 Å². The van der Waals surface area contributed by atoms with E-state index in [1.165, 1.54) is 0 Å². The van der Waals surface area contributed by atoms with Gasteiger partial charge in [-0.2, -0.15) is 0 Å². The van der Waals surface area contributed by atoms with Crippen LogP contribution in [-0.2, 0) is 9.59 Å². The first-order valence-electron chi connectivity index (χ1n) is 8.54. The summed E-state index contributed by atoms with van der Waals surface area (Å²) in [5.74, 6) is -1.20. The third-order valence-corrected chi connectivity index (χ3v) is 5.66. The van der Waals surface area contributed by atoms with Crippen LogP contribution in [0.4, 0.5) is 0 Å². The minimum Gasteiger partial charge on any atom is -0.480 e. The molecule has 0 spiro atoms. The fourth-order valence-corrected chi connectivity index (χ4v) is 4.12. The van der Waals surface area contributed by atoms with Gasteiger partial charge in [-0.05, 0) is 31.6 Å². The lowest BCUT2D eigenvalue weighted by Gasteiger charge is -2.35. The van der Waals surface area contributed by atoms with Gasteiger partial charge in [-0.3, -0.25) is 14.9 Å². The summed E-state index contributed by atoms with van der Waals surface area (Å²) < 4.78 is 0. The number of nitrogens with one attached hydrogen (secondary N) is 1. The molecule has 8 nitrogen and oxygen atoms in total. The van der Waals surface area contributed by atoms with Crippen LogP contribution in [0.5, 0.6) is 0 Å². The van der Waals surface area contributed by atoms with E-state index in [0.29, 0.717) is 32.4 Å². The second-order valence-electron chi connectivity index (χ2n) is 7.50. The minimum absolute atomic E-state index is 0.0211. The summed E-state index contributed by atoms with van der Waals surface area (Å²) in [4.78, 5) is 26.2. The molecule has 0 bridgehead atoms. The zero-order valence-corrected chi connectivity index (χ0v) is 14.4. The van der Waals surface area contributed by atoms with E-state index in [4.69, 9.17) is 15.8 Å². The number of hydrogen-bond donors (Lipinski definition) is 5. The van der Waals surface area contributed by atoms with Crippen molar-refractivity contribution < 1.29 is 24.7 Å². The highest BCUT2D eigenvalue weighted by atomic mass is 16.4. The third-order valence-electron chi connectivity index (χ3n) is 5.66. The van der Waals surface area contributed by atoms with Crippen molar-refractivity contribution in [2.75, 3.05) is 19.6 Å². The van der Waals surface area contributed by atoms with Crippen LogP contribution in [0.25, 0.3) is 0 Å². The number of carboxylic acids is 1. The summed E-state index contributed by atoms with van der Waals surface area (Å²) in [6.07, 6.45) is 1.84. The first kappa shape index (κ1) is 19.2. The molecule has 2 fully saturated rings. The maximum Gasteiger partial charge on any atom is 0.451 e. The van der Waals surface area contributed by atoms with Gasteiger partial charge in [0.1, 0.15) is 5.54 Å². The van der Waals surface area contributed by atoms with Gasteiger partial charge in [0.2, 0.25) is 5.91 Å². The molecule has 0 aromatic carbocycles. The number of aliphatic carboxylic acids is 1. The number of hydrogen-bond acceptors (Lipinski definition) is 6. The summed E-state index contributed by atoms with van der Waals surface area (Å²) in [5, 5.41) is 31.1. The molecule has 136 valence electrons. The number of amides is 1. The van der Waals surface area contributed by atoms with Gasteiger partial charge in [0, 0.05) is 12.0 Å². The topological polar surface area (TPSA) is 136 Å². The highest BCUT2D eigenvalue weighted by Gasteiger charge is 2.65. The number of carbonyl (C=O) groups excluding carboxylic acids is 1. The molecule has 0 aliphatic carbocycles. The van der Waals surface area contributed by atoms with Crippen molar-refractivity contribution in [1.29, 1.82) is 0 Å². The minimum atomic E-state index is -1.40. The van der Waals surface area contributed by atoms with Crippen LogP contribution in [0.1, 0.15) is 33.1 Å². The lowest BCUT2D eigenvalue weighted by atomic mass is 9.68. The quantitative estimate of drug-likeness (QED) is 0.370. The molecule has 2 heterocycles. The van der Waals surface area contributed by atoms with Gasteiger partial charge in [-0.25, -0.2) is 0 Å². The van der Waals surface area contributed by atoms with Crippen LogP contribution in [-0.4, -0.2) is 70.3 Å². The molecule has 2 aliphatic rings. The Morgan fingerprint density at radius 1 is 1.33 bits per heavy atom. The van der Waals surface area contributed by atoms with Crippen molar-refractivity contribution in [1.82, 2.24) is 10.2 Å². The van der Waals surface area contributed by atoms with Gasteiger partial charge in [0.05, 0.1) is 12.6 Å². The SMILES string of the molecule is CC(C)C(N)C(=O)N1CC2(CCCB(O)O)CCNC2(C(=O)O)C1. The van der Waals surface area contributed by atoms with E-state index in [0.717, 1.165) is 0 Å². The molecule has 0 aromatic heterocycles. The number of nitrogens with zero attached hydrogens (tertiary/aromatic N) is 1. The van der Waals surface area contributed by atoms with Gasteiger partial charge in [-0.1, -0.05) is 20.3 Å². The molecule has 9 heteroatoms. The maximum absolute atomic E-state index is 12.6. The van der Waals surface area contributed by atoms with Crippen LogP contribution >= 0.6 is 0 Å². The Morgan fingerprint density at radius 2 is 2.00 bits per heavy atom. The number of likely N-dealkylation sites (tertiary alicyclic amines) is 1. The molecule has 24 heavy (non-hydrogen) atoms. The molecular formula is C15H28BN3O5. The number of carboxylic acid groups (broad SMARTS) is 1. The van der Waals surface area contributed by atoms with Crippen molar-refractivity contribution in [3.8, 4) is 0 Å². The summed E-state index contributed by atoms with van der Waals surface area (Å²) in [7, 11) is -1.40. The highest BCUT2D eigenvalue weighted by Crippen LogP contribution is 2.50. The molecule has 2 aliphatic heterocycles. The number of rotatable bonds is 7. The second-order valence-corrected chi connectivity index (χ2v) is 7.50. The first-order chi connectivity index (χ1) is 11.1. The largest absolute Gasteiger partial charge is 0.480 e. The van der Waals surface area contributed by atoms with Crippen LogP contribution in [0.15, 0.2) is 0 Å². The van der Waals surface area contributed by atoms with Gasteiger partial charge in [0.25, 0.3) is 0 Å². The Balaban J connectivity index is 2.22. The van der Waals surface area contributed by atoms with Crippen LogP contribution < -0.4 is 11.1 Å². The van der Waals surface area contributed by atoms with Crippen LogP contribution in [0, 0.1) is 11.3 Å². The van der Waals surface area contributed by atoms with Crippen molar-refractivity contribution in [2.45, 2.75) is 51.0 Å². The van der Waals surface area contributed by atoms with Crippen molar-refractivity contribution >= 4 is 19.0 Å². The average molecular weight is 341 g/mol. The standard InChI is InChI=1S/C15H28BN3O5/c1-10(2)11(17)12(20)19-8-14(4-3-6-16(23)24)5-7-18-15(14,9-19)13(21)22/h10-11,18,23-24H,3-9,17H2,1-2H3,(H,21,22). The molecule has 0 radical (unpaired) electrons. The van der Waals surface area contributed by atoms with E-state index in [2.05, 4.69) is 5.32 Å². The molecule has 1 amide bonds. The average Bonchev–Trinajstić information content (AvgIpc) is 2.98. The van der Waals surface area contributed by atoms with Gasteiger partial charge in [-0.15, -0.1) is 0 Å². The fraction of sp³-hybridized carbons (Fsp3) is 0.867. The van der Waals surface area contributed by atoms with Crippen LogP contribution in [0.3, 0.4) is 0 Å². The predicted octanol–water partition coefficient (Wildman–Crippen LogP) is -1.13. The van der Waals surface area contributed by atoms with E-state index < -0.39 is 30.1 Å². The Kier molecular flexibility index (Phi) is 5.59. The second kappa shape index (κ2) is 6.99. The summed E-state index contributed by atoms with van der Waals surface area (Å²) in [6, 6.07) is -0.647. The highest BCUT2D eigenvalue weighted by molar-refractivity contribution is 6.40. The predicted molar refractivity (Wildman–Crippen MR) is 89.0 cm³/mol. The van der Waals surface area contributed by atoms with Crippen LogP contribution in [0.2, 0.25) is 6.32 Å². The Morgan fingerprint density at radius 3 is 2.54 bits per heavy atom. The van der Waals surface area contributed by atoms with E-state index >= 15 is 0 Å². The van der Waals surface area contributed by atoms with E-state index in [-0.39, 0.29) is 24.7 Å². The van der Waals surface area contributed by atoms with Gasteiger partial charge in [0.15, 0.2) is 0 Å². The Bertz CT molecular complexity index is 504.